The summed E-state index contributed by atoms with van der Waals surface area (Å²) in [6.07, 6.45) is 0.949. The standard InChI is InChI=1S/C9H21NO3/c1-3-9(10)8-13-7-6-12-5-4-11-2/h9H,3-8,10H2,1-2H3. The van der Waals surface area contributed by atoms with Gasteiger partial charge in [0.1, 0.15) is 0 Å². The van der Waals surface area contributed by atoms with E-state index in [2.05, 4.69) is 0 Å². The minimum absolute atomic E-state index is 0.152. The first-order valence-electron chi connectivity index (χ1n) is 4.71. The first kappa shape index (κ1) is 12.8. The van der Waals surface area contributed by atoms with E-state index in [1.165, 1.54) is 0 Å². The lowest BCUT2D eigenvalue weighted by Crippen LogP contribution is -2.26. The van der Waals surface area contributed by atoms with Crippen LogP contribution in [0.15, 0.2) is 0 Å². The highest BCUT2D eigenvalue weighted by molar-refractivity contribution is 4.54. The van der Waals surface area contributed by atoms with Crippen molar-refractivity contribution in [3.05, 3.63) is 0 Å². The molecule has 0 radical (unpaired) electrons. The van der Waals surface area contributed by atoms with Crippen LogP contribution in [0.25, 0.3) is 0 Å². The van der Waals surface area contributed by atoms with Crippen LogP contribution in [-0.4, -0.2) is 46.2 Å². The van der Waals surface area contributed by atoms with E-state index in [4.69, 9.17) is 19.9 Å². The predicted octanol–water partition coefficient (Wildman–Crippen LogP) is 0.403. The third kappa shape index (κ3) is 9.76. The molecule has 2 N–H and O–H groups in total. The van der Waals surface area contributed by atoms with Crippen LogP contribution in [0, 0.1) is 0 Å². The summed E-state index contributed by atoms with van der Waals surface area (Å²) in [6.45, 7) is 5.14. The van der Waals surface area contributed by atoms with Crippen LogP contribution in [0.4, 0.5) is 0 Å². The van der Waals surface area contributed by atoms with E-state index in [0.717, 1.165) is 6.42 Å². The van der Waals surface area contributed by atoms with E-state index < -0.39 is 0 Å². The van der Waals surface area contributed by atoms with E-state index >= 15 is 0 Å². The second kappa shape index (κ2) is 9.92. The minimum atomic E-state index is 0.152. The maximum Gasteiger partial charge on any atom is 0.0701 e. The molecule has 13 heavy (non-hydrogen) atoms. The van der Waals surface area contributed by atoms with Crippen molar-refractivity contribution in [1.29, 1.82) is 0 Å². The molecule has 0 aromatic carbocycles. The summed E-state index contributed by atoms with van der Waals surface area (Å²) in [7, 11) is 1.65. The molecule has 4 nitrogen and oxygen atoms in total. The molecule has 0 heterocycles. The predicted molar refractivity (Wildman–Crippen MR) is 51.8 cm³/mol. The van der Waals surface area contributed by atoms with E-state index in [9.17, 15) is 0 Å². The molecule has 0 amide bonds. The van der Waals surface area contributed by atoms with Crippen molar-refractivity contribution in [2.45, 2.75) is 19.4 Å². The summed E-state index contributed by atoms with van der Waals surface area (Å²) in [4.78, 5) is 0. The summed E-state index contributed by atoms with van der Waals surface area (Å²) >= 11 is 0. The number of hydrogen-bond donors (Lipinski definition) is 1. The van der Waals surface area contributed by atoms with Crippen LogP contribution in [-0.2, 0) is 14.2 Å². The van der Waals surface area contributed by atoms with Crippen molar-refractivity contribution in [3.8, 4) is 0 Å². The van der Waals surface area contributed by atoms with Crippen LogP contribution in [0.5, 0.6) is 0 Å². The van der Waals surface area contributed by atoms with Gasteiger partial charge in [-0.05, 0) is 6.42 Å². The van der Waals surface area contributed by atoms with Gasteiger partial charge in [-0.2, -0.15) is 0 Å². The lowest BCUT2D eigenvalue weighted by atomic mass is 10.3. The van der Waals surface area contributed by atoms with Crippen molar-refractivity contribution in [3.63, 3.8) is 0 Å². The monoisotopic (exact) mass is 191 g/mol. The van der Waals surface area contributed by atoms with Crippen LogP contribution >= 0.6 is 0 Å². The Kier molecular flexibility index (Phi) is 9.80. The lowest BCUT2D eigenvalue weighted by molar-refractivity contribution is 0.0215. The zero-order valence-electron chi connectivity index (χ0n) is 8.62. The highest BCUT2D eigenvalue weighted by Crippen LogP contribution is 1.87. The third-order valence-corrected chi connectivity index (χ3v) is 1.66. The van der Waals surface area contributed by atoms with Crippen molar-refractivity contribution in [1.82, 2.24) is 0 Å². The second-order valence-electron chi connectivity index (χ2n) is 2.85. The molecule has 0 aromatic heterocycles. The second-order valence-corrected chi connectivity index (χ2v) is 2.85. The molecule has 0 fully saturated rings. The molecule has 0 aromatic rings. The average Bonchev–Trinajstić information content (AvgIpc) is 2.16. The van der Waals surface area contributed by atoms with E-state index in [0.29, 0.717) is 33.0 Å². The maximum atomic E-state index is 5.65. The largest absolute Gasteiger partial charge is 0.382 e. The zero-order valence-corrected chi connectivity index (χ0v) is 8.62. The Balaban J connectivity index is 2.91. The van der Waals surface area contributed by atoms with Crippen LogP contribution in [0.1, 0.15) is 13.3 Å². The van der Waals surface area contributed by atoms with Crippen molar-refractivity contribution >= 4 is 0 Å². The molecular weight excluding hydrogens is 170 g/mol. The van der Waals surface area contributed by atoms with Crippen molar-refractivity contribution < 1.29 is 14.2 Å². The molecule has 0 aliphatic heterocycles. The quantitative estimate of drug-likeness (QED) is 0.536. The van der Waals surface area contributed by atoms with Gasteiger partial charge < -0.3 is 19.9 Å². The number of ether oxygens (including phenoxy) is 3. The Morgan fingerprint density at radius 2 is 1.69 bits per heavy atom. The fraction of sp³-hybridized carbons (Fsp3) is 1.00. The van der Waals surface area contributed by atoms with Gasteiger partial charge in [-0.15, -0.1) is 0 Å². The normalized spacial score (nSPS) is 13.2. The van der Waals surface area contributed by atoms with Gasteiger partial charge in [0.15, 0.2) is 0 Å². The fourth-order valence-electron chi connectivity index (χ4n) is 0.715. The molecule has 0 aliphatic rings. The Morgan fingerprint density at radius 1 is 1.08 bits per heavy atom. The minimum Gasteiger partial charge on any atom is -0.382 e. The van der Waals surface area contributed by atoms with Gasteiger partial charge >= 0.3 is 0 Å². The van der Waals surface area contributed by atoms with Gasteiger partial charge in [-0.3, -0.25) is 0 Å². The van der Waals surface area contributed by atoms with E-state index in [1.807, 2.05) is 6.92 Å². The van der Waals surface area contributed by atoms with Crippen LogP contribution in [0.2, 0.25) is 0 Å². The van der Waals surface area contributed by atoms with Gasteiger partial charge in [-0.1, -0.05) is 6.92 Å². The summed E-state index contributed by atoms with van der Waals surface area (Å²) < 4.78 is 15.3. The molecule has 1 atom stereocenters. The van der Waals surface area contributed by atoms with Gasteiger partial charge in [0.2, 0.25) is 0 Å². The molecule has 1 unspecified atom stereocenters. The Morgan fingerprint density at radius 3 is 2.31 bits per heavy atom. The first-order chi connectivity index (χ1) is 6.31. The van der Waals surface area contributed by atoms with E-state index in [1.54, 1.807) is 7.11 Å². The molecule has 0 bridgehead atoms. The number of rotatable bonds is 9. The topological polar surface area (TPSA) is 53.7 Å². The average molecular weight is 191 g/mol. The van der Waals surface area contributed by atoms with Gasteiger partial charge in [0, 0.05) is 13.2 Å². The Bertz CT molecular complexity index is 101. The Hall–Kier alpha value is -0.160. The third-order valence-electron chi connectivity index (χ3n) is 1.66. The fourth-order valence-corrected chi connectivity index (χ4v) is 0.715. The number of methoxy groups -OCH3 is 1. The van der Waals surface area contributed by atoms with Crippen LogP contribution < -0.4 is 5.73 Å². The molecule has 0 saturated heterocycles. The lowest BCUT2D eigenvalue weighted by Gasteiger charge is -2.09. The molecule has 0 aliphatic carbocycles. The number of nitrogens with two attached hydrogens (primary N) is 1. The summed E-state index contributed by atoms with van der Waals surface area (Å²) in [5.74, 6) is 0. The summed E-state index contributed by atoms with van der Waals surface area (Å²) in [5.41, 5.74) is 5.65. The highest BCUT2D eigenvalue weighted by Gasteiger charge is 1.97. The van der Waals surface area contributed by atoms with E-state index in [-0.39, 0.29) is 6.04 Å². The highest BCUT2D eigenvalue weighted by atomic mass is 16.5. The maximum absolute atomic E-state index is 5.65. The van der Waals surface area contributed by atoms with Gasteiger partial charge in [0.05, 0.1) is 33.0 Å². The molecule has 0 rings (SSSR count). The molecule has 0 saturated carbocycles. The van der Waals surface area contributed by atoms with Crippen molar-refractivity contribution in [2.75, 3.05) is 40.1 Å². The molecule has 80 valence electrons. The van der Waals surface area contributed by atoms with Crippen LogP contribution in [0.3, 0.4) is 0 Å². The zero-order chi connectivity index (χ0) is 9.94. The van der Waals surface area contributed by atoms with Crippen molar-refractivity contribution in [2.24, 2.45) is 5.73 Å². The number of hydrogen-bond acceptors (Lipinski definition) is 4. The van der Waals surface area contributed by atoms with Gasteiger partial charge in [0.25, 0.3) is 0 Å². The van der Waals surface area contributed by atoms with Gasteiger partial charge in [-0.25, -0.2) is 0 Å². The first-order valence-corrected chi connectivity index (χ1v) is 4.71. The molecule has 4 heteroatoms. The molecular formula is C9H21NO3. The smallest absolute Gasteiger partial charge is 0.0701 e. The molecule has 0 spiro atoms. The summed E-state index contributed by atoms with van der Waals surface area (Å²) in [5, 5.41) is 0. The Labute approximate surface area is 80.3 Å². The SMILES string of the molecule is CCC(N)COCCOCCOC. The summed E-state index contributed by atoms with van der Waals surface area (Å²) in [6, 6.07) is 0.152.